The predicted molar refractivity (Wildman–Crippen MR) is 111 cm³/mol. The number of furan rings is 1. The summed E-state index contributed by atoms with van der Waals surface area (Å²) in [6.07, 6.45) is 4.29. The van der Waals surface area contributed by atoms with Crippen molar-refractivity contribution in [2.45, 2.75) is 58.8 Å². The van der Waals surface area contributed by atoms with Crippen LogP contribution in [0.15, 0.2) is 34.7 Å². The first-order valence-electron chi connectivity index (χ1n) is 10.7. The predicted octanol–water partition coefficient (Wildman–Crippen LogP) is 3.76. The standard InChI is InChI=1S/C23H28N4O2/c1-16-20-8-2-3-9-21(20)29-22(16)15-26-10-5-11-27-19(14-26)12-18(25-27)13-24-23(28)17-6-4-7-17/h2-3,8-9,12,17H,4-7,10-11,13-15H2,1H3,(H,24,28). The first kappa shape index (κ1) is 18.4. The van der Waals surface area contributed by atoms with Crippen molar-refractivity contribution in [3.63, 3.8) is 0 Å². The van der Waals surface area contributed by atoms with E-state index >= 15 is 0 Å². The zero-order chi connectivity index (χ0) is 19.8. The molecular formula is C23H28N4O2. The number of carbonyl (C=O) groups excluding carboxylic acids is 1. The lowest BCUT2D eigenvalue weighted by atomic mass is 9.85. The van der Waals surface area contributed by atoms with E-state index in [1.807, 2.05) is 12.1 Å². The van der Waals surface area contributed by atoms with Gasteiger partial charge in [-0.1, -0.05) is 24.6 Å². The molecule has 0 bridgehead atoms. The summed E-state index contributed by atoms with van der Waals surface area (Å²) < 4.78 is 8.23. The van der Waals surface area contributed by atoms with Crippen LogP contribution in [0.4, 0.5) is 0 Å². The summed E-state index contributed by atoms with van der Waals surface area (Å²) in [5.41, 5.74) is 4.36. The maximum atomic E-state index is 12.1. The summed E-state index contributed by atoms with van der Waals surface area (Å²) in [6.45, 7) is 6.26. The van der Waals surface area contributed by atoms with Gasteiger partial charge in [-0.3, -0.25) is 14.4 Å². The molecule has 5 rings (SSSR count). The van der Waals surface area contributed by atoms with Crippen LogP contribution in [0.5, 0.6) is 0 Å². The van der Waals surface area contributed by atoms with Crippen molar-refractivity contribution in [2.75, 3.05) is 6.54 Å². The first-order chi connectivity index (χ1) is 14.2. The van der Waals surface area contributed by atoms with E-state index in [1.54, 1.807) is 0 Å². The Kier molecular flexibility index (Phi) is 4.87. The van der Waals surface area contributed by atoms with Crippen molar-refractivity contribution in [3.8, 4) is 0 Å². The molecule has 0 unspecified atom stereocenters. The highest BCUT2D eigenvalue weighted by molar-refractivity contribution is 5.81. The van der Waals surface area contributed by atoms with Gasteiger partial charge in [-0.05, 0) is 43.9 Å². The second-order valence-electron chi connectivity index (χ2n) is 8.41. The molecule has 2 aliphatic rings. The number of fused-ring (bicyclic) bond motifs is 2. The van der Waals surface area contributed by atoms with Crippen LogP contribution in [0.1, 0.15) is 48.4 Å². The van der Waals surface area contributed by atoms with Crippen LogP contribution in [0.25, 0.3) is 11.0 Å². The van der Waals surface area contributed by atoms with Crippen molar-refractivity contribution in [1.82, 2.24) is 20.0 Å². The molecule has 3 aromatic rings. The summed E-state index contributed by atoms with van der Waals surface area (Å²) >= 11 is 0. The maximum absolute atomic E-state index is 12.1. The van der Waals surface area contributed by atoms with E-state index < -0.39 is 0 Å². The zero-order valence-electron chi connectivity index (χ0n) is 17.0. The highest BCUT2D eigenvalue weighted by atomic mass is 16.3. The lowest BCUT2D eigenvalue weighted by Crippen LogP contribution is -2.34. The minimum Gasteiger partial charge on any atom is -0.459 e. The fourth-order valence-electron chi connectivity index (χ4n) is 4.38. The second kappa shape index (κ2) is 7.67. The van der Waals surface area contributed by atoms with E-state index in [2.05, 4.69) is 40.0 Å². The van der Waals surface area contributed by atoms with Crippen molar-refractivity contribution >= 4 is 16.9 Å². The highest BCUT2D eigenvalue weighted by Crippen LogP contribution is 2.28. The normalized spacial score (nSPS) is 17.7. The van der Waals surface area contributed by atoms with Gasteiger partial charge in [0, 0.05) is 30.9 Å². The van der Waals surface area contributed by atoms with E-state index in [9.17, 15) is 4.79 Å². The van der Waals surface area contributed by atoms with E-state index in [0.29, 0.717) is 6.54 Å². The van der Waals surface area contributed by atoms with Crippen LogP contribution in [-0.4, -0.2) is 27.1 Å². The fraction of sp³-hybridized carbons (Fsp3) is 0.478. The summed E-state index contributed by atoms with van der Waals surface area (Å²) in [5, 5.41) is 8.99. The third-order valence-corrected chi connectivity index (χ3v) is 6.37. The number of hydrogen-bond acceptors (Lipinski definition) is 4. The van der Waals surface area contributed by atoms with Crippen LogP contribution in [0, 0.1) is 12.8 Å². The molecule has 0 atom stereocenters. The molecule has 1 N–H and O–H groups in total. The molecule has 0 spiro atoms. The van der Waals surface area contributed by atoms with Gasteiger partial charge >= 0.3 is 0 Å². The SMILES string of the molecule is Cc1c(CN2CCCn3nc(CNC(=O)C4CCC4)cc3C2)oc2ccccc12. The van der Waals surface area contributed by atoms with E-state index in [0.717, 1.165) is 62.5 Å². The van der Waals surface area contributed by atoms with Gasteiger partial charge in [0.05, 0.1) is 24.5 Å². The molecule has 3 heterocycles. The third-order valence-electron chi connectivity index (χ3n) is 6.37. The van der Waals surface area contributed by atoms with Crippen molar-refractivity contribution < 1.29 is 9.21 Å². The van der Waals surface area contributed by atoms with Crippen molar-refractivity contribution in [2.24, 2.45) is 5.92 Å². The lowest BCUT2D eigenvalue weighted by Gasteiger charge is -2.23. The highest BCUT2D eigenvalue weighted by Gasteiger charge is 2.25. The maximum Gasteiger partial charge on any atom is 0.223 e. The lowest BCUT2D eigenvalue weighted by molar-refractivity contribution is -0.127. The van der Waals surface area contributed by atoms with E-state index in [1.165, 1.54) is 23.1 Å². The molecule has 1 saturated carbocycles. The second-order valence-corrected chi connectivity index (χ2v) is 8.41. The number of aryl methyl sites for hydroxylation is 2. The molecule has 0 saturated heterocycles. The van der Waals surface area contributed by atoms with Gasteiger partial charge in [0.2, 0.25) is 5.91 Å². The minimum atomic E-state index is 0.182. The Balaban J connectivity index is 1.26. The number of hydrogen-bond donors (Lipinski definition) is 1. The zero-order valence-corrected chi connectivity index (χ0v) is 17.0. The molecule has 1 aliphatic carbocycles. The molecule has 29 heavy (non-hydrogen) atoms. The quantitative estimate of drug-likeness (QED) is 0.718. The summed E-state index contributed by atoms with van der Waals surface area (Å²) in [4.78, 5) is 14.5. The molecule has 152 valence electrons. The van der Waals surface area contributed by atoms with Crippen LogP contribution in [-0.2, 0) is 31.0 Å². The van der Waals surface area contributed by atoms with E-state index in [-0.39, 0.29) is 11.8 Å². The summed E-state index contributed by atoms with van der Waals surface area (Å²) in [5.74, 6) is 1.45. The fourth-order valence-corrected chi connectivity index (χ4v) is 4.38. The Hall–Kier alpha value is -2.60. The number of carbonyl (C=O) groups is 1. The van der Waals surface area contributed by atoms with Gasteiger partial charge in [-0.2, -0.15) is 5.10 Å². The number of aromatic nitrogens is 2. The number of nitrogens with one attached hydrogen (secondary N) is 1. The Morgan fingerprint density at radius 1 is 1.24 bits per heavy atom. The van der Waals surface area contributed by atoms with Crippen LogP contribution in [0.3, 0.4) is 0 Å². The number of nitrogens with zero attached hydrogens (tertiary/aromatic N) is 3. The molecular weight excluding hydrogens is 364 g/mol. The topological polar surface area (TPSA) is 63.3 Å². The van der Waals surface area contributed by atoms with E-state index in [4.69, 9.17) is 9.52 Å². The smallest absolute Gasteiger partial charge is 0.223 e. The molecule has 1 aromatic carbocycles. The third kappa shape index (κ3) is 3.69. The van der Waals surface area contributed by atoms with Gasteiger partial charge < -0.3 is 9.73 Å². The molecule has 2 aromatic heterocycles. The Morgan fingerprint density at radius 3 is 2.90 bits per heavy atom. The monoisotopic (exact) mass is 392 g/mol. The molecule has 1 fully saturated rings. The van der Waals surface area contributed by atoms with Crippen LogP contribution in [0.2, 0.25) is 0 Å². The Labute approximate surface area is 170 Å². The van der Waals surface area contributed by atoms with Crippen LogP contribution < -0.4 is 5.32 Å². The minimum absolute atomic E-state index is 0.182. The molecule has 1 aliphatic heterocycles. The van der Waals surface area contributed by atoms with Gasteiger partial charge in [0.15, 0.2) is 0 Å². The largest absolute Gasteiger partial charge is 0.459 e. The van der Waals surface area contributed by atoms with Gasteiger partial charge in [0.25, 0.3) is 0 Å². The average Bonchev–Trinajstić information content (AvgIpc) is 3.13. The number of para-hydroxylation sites is 1. The molecule has 1 amide bonds. The molecule has 6 nitrogen and oxygen atoms in total. The summed E-state index contributed by atoms with van der Waals surface area (Å²) in [6, 6.07) is 10.4. The van der Waals surface area contributed by atoms with Crippen molar-refractivity contribution in [3.05, 3.63) is 53.0 Å². The Bertz CT molecular complexity index is 1030. The average molecular weight is 393 g/mol. The van der Waals surface area contributed by atoms with Gasteiger partial charge in [-0.15, -0.1) is 0 Å². The number of rotatable bonds is 5. The molecule has 6 heteroatoms. The Morgan fingerprint density at radius 2 is 2.10 bits per heavy atom. The van der Waals surface area contributed by atoms with Gasteiger partial charge in [0.1, 0.15) is 11.3 Å². The van der Waals surface area contributed by atoms with Crippen LogP contribution >= 0.6 is 0 Å². The number of benzene rings is 1. The number of amides is 1. The van der Waals surface area contributed by atoms with Crippen molar-refractivity contribution in [1.29, 1.82) is 0 Å². The molecule has 0 radical (unpaired) electrons. The first-order valence-corrected chi connectivity index (χ1v) is 10.7. The van der Waals surface area contributed by atoms with Gasteiger partial charge in [-0.25, -0.2) is 0 Å². The summed E-state index contributed by atoms with van der Waals surface area (Å²) in [7, 11) is 0.